The van der Waals surface area contributed by atoms with E-state index < -0.39 is 4.92 Å². The molecule has 0 aliphatic carbocycles. The predicted molar refractivity (Wildman–Crippen MR) is 104 cm³/mol. The van der Waals surface area contributed by atoms with Crippen molar-refractivity contribution in [2.24, 2.45) is 0 Å². The van der Waals surface area contributed by atoms with Gasteiger partial charge in [0.2, 0.25) is 5.91 Å². The summed E-state index contributed by atoms with van der Waals surface area (Å²) in [4.78, 5) is 22.5. The van der Waals surface area contributed by atoms with Crippen molar-refractivity contribution in [3.05, 3.63) is 51.5 Å². The minimum absolute atomic E-state index is 0.0350. The van der Waals surface area contributed by atoms with Gasteiger partial charge < -0.3 is 20.1 Å². The highest BCUT2D eigenvalue weighted by Crippen LogP contribution is 2.31. The van der Waals surface area contributed by atoms with Crippen LogP contribution in [0, 0.1) is 10.1 Å². The molecule has 0 spiro atoms. The Morgan fingerprint density at radius 2 is 1.74 bits per heavy atom. The topological polar surface area (TPSA) is 103 Å². The van der Waals surface area contributed by atoms with Crippen molar-refractivity contribution in [3.63, 3.8) is 0 Å². The molecule has 9 heteroatoms. The molecule has 144 valence electrons. The minimum Gasteiger partial charge on any atom is -0.490 e. The Labute approximate surface area is 161 Å². The first kappa shape index (κ1) is 20.3. The highest BCUT2D eigenvalue weighted by Gasteiger charge is 2.13. The number of benzene rings is 2. The lowest BCUT2D eigenvalue weighted by molar-refractivity contribution is -0.384. The summed E-state index contributed by atoms with van der Waals surface area (Å²) in [6.45, 7) is 4.63. The van der Waals surface area contributed by atoms with Crippen LogP contribution in [-0.4, -0.2) is 30.6 Å². The third-order valence-corrected chi connectivity index (χ3v) is 3.74. The van der Waals surface area contributed by atoms with Gasteiger partial charge >= 0.3 is 0 Å². The second kappa shape index (κ2) is 9.63. The molecule has 0 bridgehead atoms. The van der Waals surface area contributed by atoms with Crippen LogP contribution in [0.25, 0.3) is 0 Å². The minimum atomic E-state index is -0.581. The number of amides is 1. The first-order chi connectivity index (χ1) is 12.9. The molecule has 8 nitrogen and oxygen atoms in total. The molecule has 0 aliphatic rings. The Morgan fingerprint density at radius 1 is 1.07 bits per heavy atom. The molecular weight excluding hydrogens is 374 g/mol. The average Bonchev–Trinajstić information content (AvgIpc) is 2.63. The Hall–Kier alpha value is -3.00. The van der Waals surface area contributed by atoms with Crippen LogP contribution >= 0.6 is 11.6 Å². The predicted octanol–water partition coefficient (Wildman–Crippen LogP) is 4.10. The average molecular weight is 394 g/mol. The SMILES string of the molecule is CCOc1ccc(NC(=O)CNc2ccc(Cl)c([N+](=O)[O-])c2)cc1OCC. The van der Waals surface area contributed by atoms with Gasteiger partial charge in [-0.05, 0) is 38.1 Å². The lowest BCUT2D eigenvalue weighted by Crippen LogP contribution is -2.21. The fourth-order valence-corrected chi connectivity index (χ4v) is 2.47. The molecule has 0 saturated heterocycles. The third kappa shape index (κ3) is 5.75. The van der Waals surface area contributed by atoms with E-state index in [2.05, 4.69) is 10.6 Å². The van der Waals surface area contributed by atoms with Crippen LogP contribution in [0.2, 0.25) is 5.02 Å². The second-order valence-electron chi connectivity index (χ2n) is 5.35. The Kier molecular flexibility index (Phi) is 7.25. The molecule has 0 saturated carbocycles. The third-order valence-electron chi connectivity index (χ3n) is 3.42. The summed E-state index contributed by atoms with van der Waals surface area (Å²) in [5.74, 6) is 0.821. The van der Waals surface area contributed by atoms with Gasteiger partial charge in [-0.15, -0.1) is 0 Å². The molecular formula is C18H20ClN3O5. The van der Waals surface area contributed by atoms with Gasteiger partial charge in [0.05, 0.1) is 24.7 Å². The number of rotatable bonds is 9. The molecule has 0 fully saturated rings. The molecule has 2 N–H and O–H groups in total. The molecule has 0 aromatic heterocycles. The number of nitro groups is 1. The molecule has 2 aromatic carbocycles. The van der Waals surface area contributed by atoms with Crippen molar-refractivity contribution in [2.45, 2.75) is 13.8 Å². The van der Waals surface area contributed by atoms with E-state index in [0.29, 0.717) is 36.1 Å². The molecule has 27 heavy (non-hydrogen) atoms. The zero-order valence-corrected chi connectivity index (χ0v) is 15.7. The summed E-state index contributed by atoms with van der Waals surface area (Å²) in [5.41, 5.74) is 0.744. The van der Waals surface area contributed by atoms with Gasteiger partial charge in [0.15, 0.2) is 11.5 Å². The monoisotopic (exact) mass is 393 g/mol. The van der Waals surface area contributed by atoms with Crippen molar-refractivity contribution in [3.8, 4) is 11.5 Å². The van der Waals surface area contributed by atoms with Crippen molar-refractivity contribution in [2.75, 3.05) is 30.4 Å². The number of ether oxygens (including phenoxy) is 2. The quantitative estimate of drug-likeness (QED) is 0.491. The Morgan fingerprint density at radius 3 is 2.41 bits per heavy atom. The van der Waals surface area contributed by atoms with Crippen LogP contribution in [0.5, 0.6) is 11.5 Å². The number of nitrogens with zero attached hydrogens (tertiary/aromatic N) is 1. The van der Waals surface area contributed by atoms with E-state index in [1.807, 2.05) is 13.8 Å². The first-order valence-electron chi connectivity index (χ1n) is 8.31. The number of carbonyl (C=O) groups excluding carboxylic acids is 1. The summed E-state index contributed by atoms with van der Waals surface area (Å²) in [7, 11) is 0. The molecule has 0 unspecified atom stereocenters. The number of hydrogen-bond donors (Lipinski definition) is 2. The zero-order valence-electron chi connectivity index (χ0n) is 15.0. The molecule has 0 atom stereocenters. The summed E-state index contributed by atoms with van der Waals surface area (Å²) in [6.07, 6.45) is 0. The van der Waals surface area contributed by atoms with Crippen LogP contribution in [0.3, 0.4) is 0 Å². The Bertz CT molecular complexity index is 829. The van der Waals surface area contributed by atoms with E-state index in [1.165, 1.54) is 12.1 Å². The highest BCUT2D eigenvalue weighted by molar-refractivity contribution is 6.32. The fourth-order valence-electron chi connectivity index (χ4n) is 2.28. The molecule has 0 radical (unpaired) electrons. The van der Waals surface area contributed by atoms with Crippen LogP contribution in [-0.2, 0) is 4.79 Å². The first-order valence-corrected chi connectivity index (χ1v) is 8.69. The lowest BCUT2D eigenvalue weighted by atomic mass is 10.2. The van der Waals surface area contributed by atoms with Crippen molar-refractivity contribution < 1.29 is 19.2 Å². The summed E-state index contributed by atoms with van der Waals surface area (Å²) in [5, 5.41) is 16.5. The van der Waals surface area contributed by atoms with Gasteiger partial charge in [-0.3, -0.25) is 14.9 Å². The van der Waals surface area contributed by atoms with E-state index >= 15 is 0 Å². The fraction of sp³-hybridized carbons (Fsp3) is 0.278. The lowest BCUT2D eigenvalue weighted by Gasteiger charge is -2.13. The maximum Gasteiger partial charge on any atom is 0.289 e. The standard InChI is InChI=1S/C18H20ClN3O5/c1-3-26-16-8-6-13(10-17(16)27-4-2)21-18(23)11-20-12-5-7-14(19)15(9-12)22(24)25/h5-10,20H,3-4,11H2,1-2H3,(H,21,23). The summed E-state index contributed by atoms with van der Waals surface area (Å²) < 4.78 is 11.0. The smallest absolute Gasteiger partial charge is 0.289 e. The van der Waals surface area contributed by atoms with E-state index in [1.54, 1.807) is 24.3 Å². The van der Waals surface area contributed by atoms with Gasteiger partial charge in [-0.2, -0.15) is 0 Å². The largest absolute Gasteiger partial charge is 0.490 e. The number of carbonyl (C=O) groups is 1. The molecule has 0 aliphatic heterocycles. The number of anilines is 2. The van der Waals surface area contributed by atoms with E-state index in [9.17, 15) is 14.9 Å². The summed E-state index contributed by atoms with van der Waals surface area (Å²) >= 11 is 5.77. The molecule has 1 amide bonds. The second-order valence-corrected chi connectivity index (χ2v) is 5.76. The van der Waals surface area contributed by atoms with Gasteiger partial charge in [-0.25, -0.2) is 0 Å². The highest BCUT2D eigenvalue weighted by atomic mass is 35.5. The molecule has 2 aromatic rings. The zero-order chi connectivity index (χ0) is 19.8. The molecule has 2 rings (SSSR count). The van der Waals surface area contributed by atoms with E-state index in [-0.39, 0.29) is 23.2 Å². The van der Waals surface area contributed by atoms with E-state index in [0.717, 1.165) is 0 Å². The van der Waals surface area contributed by atoms with Crippen LogP contribution in [0.4, 0.5) is 17.1 Å². The van der Waals surface area contributed by atoms with Gasteiger partial charge in [-0.1, -0.05) is 11.6 Å². The van der Waals surface area contributed by atoms with Gasteiger partial charge in [0.25, 0.3) is 5.69 Å². The van der Waals surface area contributed by atoms with Crippen molar-refractivity contribution >= 4 is 34.6 Å². The number of nitro benzene ring substituents is 1. The van der Waals surface area contributed by atoms with E-state index in [4.69, 9.17) is 21.1 Å². The number of halogens is 1. The maximum absolute atomic E-state index is 12.1. The number of hydrogen-bond acceptors (Lipinski definition) is 6. The van der Waals surface area contributed by atoms with Crippen molar-refractivity contribution in [1.29, 1.82) is 0 Å². The van der Waals surface area contributed by atoms with Gasteiger partial charge in [0, 0.05) is 23.5 Å². The van der Waals surface area contributed by atoms with Crippen LogP contribution < -0.4 is 20.1 Å². The maximum atomic E-state index is 12.1. The van der Waals surface area contributed by atoms with Crippen molar-refractivity contribution in [1.82, 2.24) is 0 Å². The Balaban J connectivity index is 2.00. The molecule has 0 heterocycles. The summed E-state index contributed by atoms with van der Waals surface area (Å²) in [6, 6.07) is 9.35. The van der Waals surface area contributed by atoms with Gasteiger partial charge in [0.1, 0.15) is 5.02 Å². The van der Waals surface area contributed by atoms with Crippen LogP contribution in [0.1, 0.15) is 13.8 Å². The normalized spacial score (nSPS) is 10.2. The number of nitrogens with one attached hydrogen (secondary N) is 2. The van der Waals surface area contributed by atoms with Crippen LogP contribution in [0.15, 0.2) is 36.4 Å².